The molecule has 0 bridgehead atoms. The largest absolute Gasteiger partial charge is 0.313 e. The van der Waals surface area contributed by atoms with Gasteiger partial charge >= 0.3 is 0 Å². The van der Waals surface area contributed by atoms with E-state index in [9.17, 15) is 0 Å². The quantitative estimate of drug-likeness (QED) is 0.885. The molecule has 1 aromatic rings. The van der Waals surface area contributed by atoms with Gasteiger partial charge in [-0.25, -0.2) is 0 Å². The second-order valence-corrected chi connectivity index (χ2v) is 5.73. The van der Waals surface area contributed by atoms with Crippen LogP contribution in [0, 0.1) is 5.92 Å². The van der Waals surface area contributed by atoms with Crippen molar-refractivity contribution in [1.82, 2.24) is 15.2 Å². The Kier molecular flexibility index (Phi) is 5.14. The van der Waals surface area contributed by atoms with Crippen molar-refractivity contribution in [3.05, 3.63) is 30.1 Å². The summed E-state index contributed by atoms with van der Waals surface area (Å²) in [5.41, 5.74) is 1.32. The Balaban J connectivity index is 1.91. The molecule has 100 valence electrons. The third kappa shape index (κ3) is 4.39. The van der Waals surface area contributed by atoms with Crippen LogP contribution < -0.4 is 5.32 Å². The highest BCUT2D eigenvalue weighted by atomic mass is 15.2. The fraction of sp³-hybridized carbons (Fsp3) is 0.667. The summed E-state index contributed by atoms with van der Waals surface area (Å²) in [6.45, 7) is 9.14. The monoisotopic (exact) mass is 247 g/mol. The van der Waals surface area contributed by atoms with Crippen molar-refractivity contribution in [2.75, 3.05) is 19.6 Å². The average molecular weight is 247 g/mol. The van der Waals surface area contributed by atoms with Crippen molar-refractivity contribution in [3.63, 3.8) is 0 Å². The number of hydrogen-bond donors (Lipinski definition) is 1. The zero-order valence-electron chi connectivity index (χ0n) is 11.6. The van der Waals surface area contributed by atoms with Crippen LogP contribution in [0.15, 0.2) is 24.5 Å². The summed E-state index contributed by atoms with van der Waals surface area (Å²) in [7, 11) is 0. The van der Waals surface area contributed by atoms with Crippen LogP contribution in [-0.4, -0.2) is 35.6 Å². The molecule has 1 aliphatic rings. The Morgan fingerprint density at radius 3 is 3.11 bits per heavy atom. The van der Waals surface area contributed by atoms with Crippen LogP contribution in [0.1, 0.15) is 32.3 Å². The van der Waals surface area contributed by atoms with Crippen molar-refractivity contribution < 1.29 is 0 Å². The van der Waals surface area contributed by atoms with E-state index in [1.807, 2.05) is 18.5 Å². The van der Waals surface area contributed by atoms with E-state index in [1.165, 1.54) is 24.9 Å². The molecule has 2 heterocycles. The molecule has 0 radical (unpaired) electrons. The highest BCUT2D eigenvalue weighted by molar-refractivity contribution is 5.08. The van der Waals surface area contributed by atoms with Gasteiger partial charge in [-0.05, 0) is 43.5 Å². The summed E-state index contributed by atoms with van der Waals surface area (Å²) in [6, 6.07) is 4.84. The summed E-state index contributed by atoms with van der Waals surface area (Å²) in [5.74, 6) is 0.765. The van der Waals surface area contributed by atoms with Crippen LogP contribution >= 0.6 is 0 Å². The molecule has 1 aromatic heterocycles. The first-order chi connectivity index (χ1) is 8.74. The predicted octanol–water partition coefficient (Wildman–Crippen LogP) is 2.29. The van der Waals surface area contributed by atoms with Gasteiger partial charge in [0.1, 0.15) is 0 Å². The van der Waals surface area contributed by atoms with E-state index in [-0.39, 0.29) is 0 Å². The fourth-order valence-corrected chi connectivity index (χ4v) is 2.70. The summed E-state index contributed by atoms with van der Waals surface area (Å²) >= 11 is 0. The smallest absolute Gasteiger partial charge is 0.0312 e. The molecule has 0 aliphatic carbocycles. The van der Waals surface area contributed by atoms with E-state index in [1.54, 1.807) is 0 Å². The molecule has 1 aliphatic heterocycles. The van der Waals surface area contributed by atoms with Gasteiger partial charge in [0.15, 0.2) is 0 Å². The van der Waals surface area contributed by atoms with Gasteiger partial charge in [-0.15, -0.1) is 0 Å². The zero-order chi connectivity index (χ0) is 12.8. The third-order valence-corrected chi connectivity index (χ3v) is 3.45. The molecule has 18 heavy (non-hydrogen) atoms. The van der Waals surface area contributed by atoms with E-state index >= 15 is 0 Å². The second-order valence-electron chi connectivity index (χ2n) is 5.73. The van der Waals surface area contributed by atoms with Crippen LogP contribution in [0.4, 0.5) is 0 Å². The topological polar surface area (TPSA) is 28.2 Å². The summed E-state index contributed by atoms with van der Waals surface area (Å²) in [5, 5.41) is 3.67. The second kappa shape index (κ2) is 6.86. The van der Waals surface area contributed by atoms with Crippen LogP contribution in [0.2, 0.25) is 0 Å². The van der Waals surface area contributed by atoms with Crippen molar-refractivity contribution in [2.45, 2.75) is 39.3 Å². The first-order valence-corrected chi connectivity index (χ1v) is 7.08. The fourth-order valence-electron chi connectivity index (χ4n) is 2.70. The van der Waals surface area contributed by atoms with E-state index in [0.717, 1.165) is 25.6 Å². The Morgan fingerprint density at radius 2 is 2.39 bits per heavy atom. The Labute approximate surface area is 111 Å². The molecular weight excluding hydrogens is 222 g/mol. The van der Waals surface area contributed by atoms with Crippen LogP contribution in [0.3, 0.4) is 0 Å². The minimum absolute atomic E-state index is 0.643. The molecule has 0 amide bonds. The van der Waals surface area contributed by atoms with Crippen molar-refractivity contribution in [1.29, 1.82) is 0 Å². The molecule has 0 saturated carbocycles. The van der Waals surface area contributed by atoms with Gasteiger partial charge < -0.3 is 5.32 Å². The Hall–Kier alpha value is -0.930. The standard InChI is InChI=1S/C15H25N3/c1-13(2)9-15-12-18(8-4-7-17-15)11-14-5-3-6-16-10-14/h3,5-6,10,13,15,17H,4,7-9,11-12H2,1-2H3. The summed E-state index contributed by atoms with van der Waals surface area (Å²) in [4.78, 5) is 6.76. The molecule has 1 unspecified atom stereocenters. The van der Waals surface area contributed by atoms with Crippen LogP contribution in [0.5, 0.6) is 0 Å². The van der Waals surface area contributed by atoms with E-state index in [2.05, 4.69) is 35.1 Å². The van der Waals surface area contributed by atoms with Crippen molar-refractivity contribution in [2.24, 2.45) is 5.92 Å². The number of pyridine rings is 1. The molecule has 2 rings (SSSR count). The highest BCUT2D eigenvalue weighted by Crippen LogP contribution is 2.12. The zero-order valence-corrected chi connectivity index (χ0v) is 11.6. The third-order valence-electron chi connectivity index (χ3n) is 3.45. The van der Waals surface area contributed by atoms with Gasteiger partial charge in [0, 0.05) is 31.5 Å². The van der Waals surface area contributed by atoms with Gasteiger partial charge in [-0.3, -0.25) is 9.88 Å². The predicted molar refractivity (Wildman–Crippen MR) is 75.4 cm³/mol. The van der Waals surface area contributed by atoms with Crippen LogP contribution in [0.25, 0.3) is 0 Å². The number of hydrogen-bond acceptors (Lipinski definition) is 3. The minimum Gasteiger partial charge on any atom is -0.313 e. The first kappa shape index (κ1) is 13.5. The maximum absolute atomic E-state index is 4.20. The number of rotatable bonds is 4. The number of nitrogens with one attached hydrogen (secondary N) is 1. The molecule has 0 aromatic carbocycles. The molecular formula is C15H25N3. The van der Waals surface area contributed by atoms with Crippen molar-refractivity contribution >= 4 is 0 Å². The molecule has 1 atom stereocenters. The van der Waals surface area contributed by atoms with Gasteiger partial charge in [-0.2, -0.15) is 0 Å². The molecule has 1 fully saturated rings. The number of nitrogens with zero attached hydrogens (tertiary/aromatic N) is 2. The first-order valence-electron chi connectivity index (χ1n) is 7.08. The lowest BCUT2D eigenvalue weighted by atomic mass is 10.0. The normalized spacial score (nSPS) is 22.1. The lowest BCUT2D eigenvalue weighted by Crippen LogP contribution is -2.38. The summed E-state index contributed by atoms with van der Waals surface area (Å²) < 4.78 is 0. The SMILES string of the molecule is CC(C)CC1CN(Cc2cccnc2)CCCN1. The number of aromatic nitrogens is 1. The molecule has 3 nitrogen and oxygen atoms in total. The van der Waals surface area contributed by atoms with E-state index in [0.29, 0.717) is 6.04 Å². The van der Waals surface area contributed by atoms with Gasteiger partial charge in [-0.1, -0.05) is 19.9 Å². The molecule has 3 heteroatoms. The highest BCUT2D eigenvalue weighted by Gasteiger charge is 2.18. The lowest BCUT2D eigenvalue weighted by Gasteiger charge is -2.25. The maximum Gasteiger partial charge on any atom is 0.0312 e. The van der Waals surface area contributed by atoms with Gasteiger partial charge in [0.05, 0.1) is 0 Å². The molecule has 1 saturated heterocycles. The Bertz CT molecular complexity index is 337. The Morgan fingerprint density at radius 1 is 1.50 bits per heavy atom. The van der Waals surface area contributed by atoms with Gasteiger partial charge in [0.25, 0.3) is 0 Å². The van der Waals surface area contributed by atoms with Gasteiger partial charge in [0.2, 0.25) is 0 Å². The van der Waals surface area contributed by atoms with E-state index < -0.39 is 0 Å². The molecule has 0 spiro atoms. The maximum atomic E-state index is 4.20. The molecule has 1 N–H and O–H groups in total. The lowest BCUT2D eigenvalue weighted by molar-refractivity contribution is 0.247. The summed E-state index contributed by atoms with van der Waals surface area (Å²) in [6.07, 6.45) is 6.34. The van der Waals surface area contributed by atoms with E-state index in [4.69, 9.17) is 0 Å². The van der Waals surface area contributed by atoms with Crippen LogP contribution in [-0.2, 0) is 6.54 Å². The van der Waals surface area contributed by atoms with Crippen molar-refractivity contribution in [3.8, 4) is 0 Å². The minimum atomic E-state index is 0.643. The average Bonchev–Trinajstić information content (AvgIpc) is 2.55.